The lowest BCUT2D eigenvalue weighted by atomic mass is 9.94. The number of pyridine rings is 1. The van der Waals surface area contributed by atoms with E-state index in [9.17, 15) is 4.79 Å². The molecule has 0 atom stereocenters. The van der Waals surface area contributed by atoms with Gasteiger partial charge in [0.25, 0.3) is 5.56 Å². The highest BCUT2D eigenvalue weighted by atomic mass is 16.5. The Labute approximate surface area is 150 Å². The quantitative estimate of drug-likeness (QED) is 0.837. The van der Waals surface area contributed by atoms with Crippen LogP contribution in [0.2, 0.25) is 0 Å². The second-order valence-electron chi connectivity index (χ2n) is 6.83. The number of anilines is 1. The van der Waals surface area contributed by atoms with Gasteiger partial charge in [-0.15, -0.1) is 0 Å². The molecule has 4 heteroatoms. The van der Waals surface area contributed by atoms with E-state index in [2.05, 4.69) is 44.0 Å². The minimum absolute atomic E-state index is 0.0207. The van der Waals surface area contributed by atoms with Gasteiger partial charge in [0, 0.05) is 32.8 Å². The van der Waals surface area contributed by atoms with Crippen molar-refractivity contribution in [3.8, 4) is 0 Å². The maximum atomic E-state index is 12.7. The number of H-pyrrole nitrogens is 1. The van der Waals surface area contributed by atoms with Crippen molar-refractivity contribution in [2.75, 3.05) is 32.2 Å². The highest BCUT2D eigenvalue weighted by molar-refractivity contribution is 5.57. The van der Waals surface area contributed by atoms with Crippen molar-refractivity contribution in [2.24, 2.45) is 0 Å². The van der Waals surface area contributed by atoms with Crippen LogP contribution in [0, 0.1) is 20.8 Å². The Morgan fingerprint density at radius 3 is 2.28 bits per heavy atom. The summed E-state index contributed by atoms with van der Waals surface area (Å²) in [6.07, 6.45) is 1.66. The van der Waals surface area contributed by atoms with Gasteiger partial charge < -0.3 is 14.6 Å². The maximum Gasteiger partial charge on any atom is 0.271 e. The second-order valence-corrected chi connectivity index (χ2v) is 6.83. The van der Waals surface area contributed by atoms with E-state index in [4.69, 9.17) is 4.74 Å². The number of likely N-dealkylation sites (N-methyl/N-ethyl adjacent to an activating group) is 1. The van der Waals surface area contributed by atoms with Crippen molar-refractivity contribution >= 4 is 5.69 Å². The van der Waals surface area contributed by atoms with E-state index < -0.39 is 0 Å². The summed E-state index contributed by atoms with van der Waals surface area (Å²) in [6.45, 7) is 9.65. The lowest BCUT2D eigenvalue weighted by Crippen LogP contribution is -2.31. The molecule has 0 aliphatic carbocycles. The number of rotatable bonds is 7. The molecule has 0 saturated carbocycles. The molecule has 0 aliphatic heterocycles. The second kappa shape index (κ2) is 8.34. The molecule has 0 amide bonds. The van der Waals surface area contributed by atoms with Gasteiger partial charge in [0.1, 0.15) is 5.69 Å². The Hall–Kier alpha value is -2.07. The Morgan fingerprint density at radius 2 is 1.72 bits per heavy atom. The summed E-state index contributed by atoms with van der Waals surface area (Å²) in [5.41, 5.74) is 7.83. The van der Waals surface area contributed by atoms with E-state index in [-0.39, 0.29) is 5.56 Å². The number of hydrogen-bond donors (Lipinski definition) is 1. The van der Waals surface area contributed by atoms with E-state index in [1.807, 2.05) is 18.9 Å². The van der Waals surface area contributed by atoms with E-state index in [0.29, 0.717) is 13.2 Å². The molecule has 4 nitrogen and oxygen atoms in total. The van der Waals surface area contributed by atoms with E-state index in [1.165, 1.54) is 22.3 Å². The molecule has 2 rings (SSSR count). The van der Waals surface area contributed by atoms with Gasteiger partial charge in [0.05, 0.1) is 6.61 Å². The van der Waals surface area contributed by atoms with Crippen LogP contribution in [0.5, 0.6) is 0 Å². The first kappa shape index (κ1) is 19.3. The van der Waals surface area contributed by atoms with Crippen molar-refractivity contribution in [1.82, 2.24) is 4.98 Å². The van der Waals surface area contributed by atoms with Gasteiger partial charge in [-0.05, 0) is 43.9 Å². The predicted molar refractivity (Wildman–Crippen MR) is 105 cm³/mol. The molecule has 2 aromatic rings. The van der Waals surface area contributed by atoms with Crippen molar-refractivity contribution < 1.29 is 4.74 Å². The van der Waals surface area contributed by atoms with E-state index >= 15 is 0 Å². The number of aryl methyl sites for hydroxylation is 3. The van der Waals surface area contributed by atoms with Crippen LogP contribution in [0.4, 0.5) is 5.69 Å². The Bertz CT molecular complexity index is 773. The van der Waals surface area contributed by atoms with Gasteiger partial charge >= 0.3 is 0 Å². The van der Waals surface area contributed by atoms with Crippen LogP contribution >= 0.6 is 0 Å². The summed E-state index contributed by atoms with van der Waals surface area (Å²) in [5.74, 6) is 0. The number of methoxy groups -OCH3 is 1. The Morgan fingerprint density at radius 1 is 1.08 bits per heavy atom. The Kier molecular flexibility index (Phi) is 6.43. The molecule has 0 fully saturated rings. The molecule has 0 radical (unpaired) electrons. The lowest BCUT2D eigenvalue weighted by Gasteiger charge is -2.24. The first-order valence-electron chi connectivity index (χ1n) is 8.89. The molecule has 0 spiro atoms. The molecule has 136 valence electrons. The third-order valence-electron chi connectivity index (χ3n) is 4.65. The van der Waals surface area contributed by atoms with Gasteiger partial charge in [0.2, 0.25) is 0 Å². The van der Waals surface area contributed by atoms with Crippen LogP contribution in [-0.2, 0) is 17.6 Å². The fraction of sp³-hybridized carbons (Fsp3) is 0.476. The molecular formula is C21H30N2O2. The molecule has 0 saturated heterocycles. The summed E-state index contributed by atoms with van der Waals surface area (Å²) < 4.78 is 5.19. The van der Waals surface area contributed by atoms with Crippen molar-refractivity contribution in [1.29, 1.82) is 0 Å². The molecule has 0 unspecified atom stereocenters. The molecule has 1 aromatic carbocycles. The summed E-state index contributed by atoms with van der Waals surface area (Å²) in [5, 5.41) is 0. The SMILES string of the molecule is CCc1c(C)[nH]c(=O)c(N(C)CCOC)c1Cc1cc(C)cc(C)c1. The van der Waals surface area contributed by atoms with Crippen LogP contribution in [0.1, 0.15) is 40.4 Å². The third kappa shape index (κ3) is 4.51. The first-order chi connectivity index (χ1) is 11.9. The largest absolute Gasteiger partial charge is 0.383 e. The third-order valence-corrected chi connectivity index (χ3v) is 4.65. The number of ether oxygens (including phenoxy) is 1. The van der Waals surface area contributed by atoms with Gasteiger partial charge in [-0.3, -0.25) is 4.79 Å². The van der Waals surface area contributed by atoms with Crippen LogP contribution in [0.25, 0.3) is 0 Å². The van der Waals surface area contributed by atoms with Crippen molar-refractivity contribution in [3.05, 3.63) is 62.1 Å². The van der Waals surface area contributed by atoms with Gasteiger partial charge in [-0.1, -0.05) is 36.2 Å². The molecule has 1 heterocycles. The highest BCUT2D eigenvalue weighted by Gasteiger charge is 2.18. The van der Waals surface area contributed by atoms with E-state index in [0.717, 1.165) is 29.8 Å². The summed E-state index contributed by atoms with van der Waals surface area (Å²) >= 11 is 0. The standard InChI is InChI=1S/C21H30N2O2/c1-7-18-16(4)22-21(24)20(23(5)8-9-25-6)19(18)13-17-11-14(2)10-15(3)12-17/h10-12H,7-9,13H2,1-6H3,(H,22,24). The van der Waals surface area contributed by atoms with Gasteiger partial charge in [0.15, 0.2) is 0 Å². The molecule has 1 aromatic heterocycles. The number of benzene rings is 1. The van der Waals surface area contributed by atoms with Gasteiger partial charge in [-0.2, -0.15) is 0 Å². The van der Waals surface area contributed by atoms with Crippen LogP contribution < -0.4 is 10.5 Å². The summed E-state index contributed by atoms with van der Waals surface area (Å²) in [4.78, 5) is 17.8. The topological polar surface area (TPSA) is 45.3 Å². The average Bonchev–Trinajstić information content (AvgIpc) is 2.51. The minimum atomic E-state index is -0.0207. The van der Waals surface area contributed by atoms with Crippen LogP contribution in [-0.4, -0.2) is 32.3 Å². The number of hydrogen-bond acceptors (Lipinski definition) is 3. The number of aromatic amines is 1. The molecule has 1 N–H and O–H groups in total. The van der Waals surface area contributed by atoms with Crippen molar-refractivity contribution in [2.45, 2.75) is 40.5 Å². The normalized spacial score (nSPS) is 11.0. The number of nitrogens with zero attached hydrogens (tertiary/aromatic N) is 1. The fourth-order valence-corrected chi connectivity index (χ4v) is 3.60. The monoisotopic (exact) mass is 342 g/mol. The van der Waals surface area contributed by atoms with E-state index in [1.54, 1.807) is 7.11 Å². The minimum Gasteiger partial charge on any atom is -0.383 e. The highest BCUT2D eigenvalue weighted by Crippen LogP contribution is 2.25. The molecule has 0 bridgehead atoms. The smallest absolute Gasteiger partial charge is 0.271 e. The summed E-state index contributed by atoms with van der Waals surface area (Å²) in [7, 11) is 3.64. The number of nitrogens with one attached hydrogen (secondary N) is 1. The lowest BCUT2D eigenvalue weighted by molar-refractivity contribution is 0.206. The van der Waals surface area contributed by atoms with Gasteiger partial charge in [-0.25, -0.2) is 0 Å². The fourth-order valence-electron chi connectivity index (χ4n) is 3.60. The predicted octanol–water partition coefficient (Wildman–Crippen LogP) is 3.54. The number of aromatic nitrogens is 1. The molecule has 25 heavy (non-hydrogen) atoms. The molecular weight excluding hydrogens is 312 g/mol. The van der Waals surface area contributed by atoms with Crippen molar-refractivity contribution in [3.63, 3.8) is 0 Å². The first-order valence-corrected chi connectivity index (χ1v) is 8.89. The molecule has 0 aliphatic rings. The van der Waals surface area contributed by atoms with Crippen LogP contribution in [0.3, 0.4) is 0 Å². The van der Waals surface area contributed by atoms with Crippen LogP contribution in [0.15, 0.2) is 23.0 Å². The Balaban J connectivity index is 2.57. The zero-order valence-electron chi connectivity index (χ0n) is 16.3. The summed E-state index contributed by atoms with van der Waals surface area (Å²) in [6, 6.07) is 6.60. The zero-order valence-corrected chi connectivity index (χ0v) is 16.3. The average molecular weight is 342 g/mol. The maximum absolute atomic E-state index is 12.7. The zero-order chi connectivity index (χ0) is 18.6.